The SMILES string of the molecule is O=C1C[C@H]2CCC[C@H]3OC[C@](C4CCCCC4)(C1)[C@@H]23. The molecule has 0 aromatic heterocycles. The summed E-state index contributed by atoms with van der Waals surface area (Å²) in [5.41, 5.74) is 0.255. The molecule has 1 aliphatic heterocycles. The molecule has 0 spiro atoms. The Morgan fingerprint density at radius 3 is 2.68 bits per heavy atom. The quantitative estimate of drug-likeness (QED) is 0.719. The molecule has 4 rings (SSSR count). The van der Waals surface area contributed by atoms with E-state index in [0.717, 1.165) is 31.3 Å². The van der Waals surface area contributed by atoms with Crippen LogP contribution in [-0.2, 0) is 9.53 Å². The first-order valence-corrected chi connectivity index (χ1v) is 8.43. The van der Waals surface area contributed by atoms with Gasteiger partial charge in [0.2, 0.25) is 0 Å². The molecule has 4 atom stereocenters. The van der Waals surface area contributed by atoms with E-state index in [2.05, 4.69) is 0 Å². The largest absolute Gasteiger partial charge is 0.377 e. The van der Waals surface area contributed by atoms with Gasteiger partial charge >= 0.3 is 0 Å². The summed E-state index contributed by atoms with van der Waals surface area (Å²) < 4.78 is 6.22. The molecule has 4 fully saturated rings. The van der Waals surface area contributed by atoms with E-state index >= 15 is 0 Å². The number of hydrogen-bond acceptors (Lipinski definition) is 2. The summed E-state index contributed by atoms with van der Waals surface area (Å²) in [5.74, 6) is 2.70. The summed E-state index contributed by atoms with van der Waals surface area (Å²) in [6, 6.07) is 0. The molecule has 2 heteroatoms. The zero-order chi connectivity index (χ0) is 12.9. The number of rotatable bonds is 1. The van der Waals surface area contributed by atoms with E-state index in [-0.39, 0.29) is 5.41 Å². The molecule has 0 aromatic carbocycles. The van der Waals surface area contributed by atoms with Crippen LogP contribution in [-0.4, -0.2) is 18.5 Å². The van der Waals surface area contributed by atoms with Gasteiger partial charge in [-0.15, -0.1) is 0 Å². The van der Waals surface area contributed by atoms with Gasteiger partial charge in [-0.2, -0.15) is 0 Å². The first-order valence-electron chi connectivity index (χ1n) is 8.43. The molecule has 1 heterocycles. The van der Waals surface area contributed by atoms with Crippen LogP contribution in [0.3, 0.4) is 0 Å². The van der Waals surface area contributed by atoms with Gasteiger partial charge in [0.05, 0.1) is 12.7 Å². The lowest BCUT2D eigenvalue weighted by Crippen LogP contribution is -2.50. The molecule has 2 nitrogen and oxygen atoms in total. The maximum absolute atomic E-state index is 12.3. The highest BCUT2D eigenvalue weighted by Gasteiger charge is 2.60. The minimum atomic E-state index is 0.255. The number of Topliss-reactive ketones (excluding diaryl/α,β-unsaturated/α-hetero) is 1. The highest BCUT2D eigenvalue weighted by atomic mass is 16.5. The smallest absolute Gasteiger partial charge is 0.133 e. The zero-order valence-electron chi connectivity index (χ0n) is 11.9. The molecule has 3 saturated carbocycles. The second kappa shape index (κ2) is 4.58. The fraction of sp³-hybridized carbons (Fsp3) is 0.941. The summed E-state index contributed by atoms with van der Waals surface area (Å²) >= 11 is 0. The molecular weight excluding hydrogens is 236 g/mol. The van der Waals surface area contributed by atoms with Gasteiger partial charge < -0.3 is 4.74 Å². The molecule has 0 N–H and O–H groups in total. The lowest BCUT2D eigenvalue weighted by atomic mass is 9.51. The van der Waals surface area contributed by atoms with Gasteiger partial charge in [0.1, 0.15) is 5.78 Å². The molecule has 0 aromatic rings. The molecule has 4 aliphatic rings. The summed E-state index contributed by atoms with van der Waals surface area (Å²) in [6.45, 7) is 0.898. The van der Waals surface area contributed by atoms with Gasteiger partial charge in [0.15, 0.2) is 0 Å². The Labute approximate surface area is 116 Å². The fourth-order valence-electron chi connectivity index (χ4n) is 5.97. The van der Waals surface area contributed by atoms with Crippen molar-refractivity contribution in [3.63, 3.8) is 0 Å². The highest BCUT2D eigenvalue weighted by Crippen LogP contribution is 2.60. The zero-order valence-corrected chi connectivity index (χ0v) is 11.9. The molecule has 0 bridgehead atoms. The average molecular weight is 262 g/mol. The summed E-state index contributed by atoms with van der Waals surface area (Å²) in [6.07, 6.45) is 12.9. The third-order valence-corrected chi connectivity index (χ3v) is 6.64. The second-order valence-corrected chi connectivity index (χ2v) is 7.55. The summed E-state index contributed by atoms with van der Waals surface area (Å²) in [4.78, 5) is 12.3. The molecule has 0 radical (unpaired) electrons. The Bertz CT molecular complexity index is 371. The molecule has 0 unspecified atom stereocenters. The van der Waals surface area contributed by atoms with Crippen LogP contribution in [0.25, 0.3) is 0 Å². The number of ketones is 1. The Morgan fingerprint density at radius 2 is 1.84 bits per heavy atom. The van der Waals surface area contributed by atoms with Gasteiger partial charge in [-0.25, -0.2) is 0 Å². The molecule has 3 aliphatic carbocycles. The van der Waals surface area contributed by atoms with Crippen molar-refractivity contribution in [2.75, 3.05) is 6.61 Å². The van der Waals surface area contributed by atoms with Crippen molar-refractivity contribution in [2.45, 2.75) is 70.3 Å². The Balaban J connectivity index is 1.68. The van der Waals surface area contributed by atoms with Crippen LogP contribution >= 0.6 is 0 Å². The van der Waals surface area contributed by atoms with Crippen LogP contribution in [0.4, 0.5) is 0 Å². The van der Waals surface area contributed by atoms with Crippen LogP contribution in [0.5, 0.6) is 0 Å². The summed E-state index contributed by atoms with van der Waals surface area (Å²) in [5, 5.41) is 0. The Morgan fingerprint density at radius 1 is 1.00 bits per heavy atom. The molecule has 0 amide bonds. The topological polar surface area (TPSA) is 26.3 Å². The van der Waals surface area contributed by atoms with Crippen molar-refractivity contribution in [1.82, 2.24) is 0 Å². The van der Waals surface area contributed by atoms with Crippen molar-refractivity contribution in [1.29, 1.82) is 0 Å². The van der Waals surface area contributed by atoms with E-state index in [1.54, 1.807) is 0 Å². The van der Waals surface area contributed by atoms with Gasteiger partial charge in [-0.1, -0.05) is 25.7 Å². The Hall–Kier alpha value is -0.370. The predicted molar refractivity (Wildman–Crippen MR) is 73.8 cm³/mol. The third kappa shape index (κ3) is 1.82. The van der Waals surface area contributed by atoms with Crippen molar-refractivity contribution in [3.8, 4) is 0 Å². The number of hydrogen-bond donors (Lipinski definition) is 0. The maximum Gasteiger partial charge on any atom is 0.133 e. The fourth-order valence-corrected chi connectivity index (χ4v) is 5.97. The summed E-state index contributed by atoms with van der Waals surface area (Å²) in [7, 11) is 0. The molecular formula is C17H26O2. The van der Waals surface area contributed by atoms with E-state index in [0.29, 0.717) is 17.8 Å². The monoisotopic (exact) mass is 262 g/mol. The Kier molecular flexibility index (Phi) is 2.98. The van der Waals surface area contributed by atoms with Crippen LogP contribution in [0, 0.1) is 23.2 Å². The normalized spacial score (nSPS) is 47.2. The first-order chi connectivity index (χ1) is 9.29. The van der Waals surface area contributed by atoms with E-state index in [1.807, 2.05) is 0 Å². The van der Waals surface area contributed by atoms with Gasteiger partial charge in [-0.05, 0) is 43.4 Å². The van der Waals surface area contributed by atoms with E-state index in [1.165, 1.54) is 51.4 Å². The van der Waals surface area contributed by atoms with E-state index < -0.39 is 0 Å². The van der Waals surface area contributed by atoms with Crippen molar-refractivity contribution >= 4 is 5.78 Å². The van der Waals surface area contributed by atoms with Crippen LogP contribution < -0.4 is 0 Å². The average Bonchev–Trinajstić information content (AvgIpc) is 2.82. The number of carbonyl (C=O) groups is 1. The number of ether oxygens (including phenoxy) is 1. The van der Waals surface area contributed by atoms with Crippen LogP contribution in [0.1, 0.15) is 64.2 Å². The predicted octanol–water partition coefficient (Wildman–Crippen LogP) is 3.73. The van der Waals surface area contributed by atoms with Gasteiger partial charge in [0.25, 0.3) is 0 Å². The van der Waals surface area contributed by atoms with Crippen molar-refractivity contribution in [3.05, 3.63) is 0 Å². The van der Waals surface area contributed by atoms with Gasteiger partial charge in [0, 0.05) is 18.3 Å². The first kappa shape index (κ1) is 12.4. The van der Waals surface area contributed by atoms with Crippen LogP contribution in [0.15, 0.2) is 0 Å². The molecule has 106 valence electrons. The number of carbonyl (C=O) groups excluding carboxylic acids is 1. The van der Waals surface area contributed by atoms with E-state index in [4.69, 9.17) is 4.74 Å². The van der Waals surface area contributed by atoms with Crippen LogP contribution in [0.2, 0.25) is 0 Å². The standard InChI is InChI=1S/C17H26O2/c18-14-9-12-5-4-8-15-16(12)17(10-14,11-19-15)13-6-2-1-3-7-13/h12-13,15-16H,1-11H2/t12-,15-,16+,17+/m1/s1. The molecule has 19 heavy (non-hydrogen) atoms. The molecule has 1 saturated heterocycles. The van der Waals surface area contributed by atoms with E-state index in [9.17, 15) is 4.79 Å². The lowest BCUT2D eigenvalue weighted by Gasteiger charge is -2.50. The van der Waals surface area contributed by atoms with Gasteiger partial charge in [-0.3, -0.25) is 4.79 Å². The van der Waals surface area contributed by atoms with Crippen molar-refractivity contribution in [2.24, 2.45) is 23.2 Å². The second-order valence-electron chi connectivity index (χ2n) is 7.55. The maximum atomic E-state index is 12.3. The highest BCUT2D eigenvalue weighted by molar-refractivity contribution is 5.80. The lowest BCUT2D eigenvalue weighted by molar-refractivity contribution is -0.132. The minimum Gasteiger partial charge on any atom is -0.377 e. The third-order valence-electron chi connectivity index (χ3n) is 6.64. The minimum absolute atomic E-state index is 0.255. The van der Waals surface area contributed by atoms with Crippen molar-refractivity contribution < 1.29 is 9.53 Å².